The largest absolute Gasteiger partial charge is 0.352 e. The van der Waals surface area contributed by atoms with Crippen LogP contribution < -0.4 is 5.32 Å². The van der Waals surface area contributed by atoms with Gasteiger partial charge in [0.1, 0.15) is 0 Å². The van der Waals surface area contributed by atoms with Gasteiger partial charge in [-0.05, 0) is 23.6 Å². The first-order chi connectivity index (χ1) is 13.1. The molecule has 0 radical (unpaired) electrons. The summed E-state index contributed by atoms with van der Waals surface area (Å²) in [5.74, 6) is 2.11. The molecule has 1 amide bonds. The maximum atomic E-state index is 12.3. The predicted octanol–water partition coefficient (Wildman–Crippen LogP) is 3.18. The molecular formula is C20H23N5O2. The molecule has 7 heteroatoms. The maximum absolute atomic E-state index is 12.3. The molecule has 0 spiro atoms. The van der Waals surface area contributed by atoms with Crippen LogP contribution in [0.25, 0.3) is 11.4 Å². The Morgan fingerprint density at radius 3 is 2.44 bits per heavy atom. The summed E-state index contributed by atoms with van der Waals surface area (Å²) < 4.78 is 5.05. The van der Waals surface area contributed by atoms with Crippen molar-refractivity contribution in [3.63, 3.8) is 0 Å². The molecule has 0 unspecified atom stereocenters. The number of benzene rings is 1. The van der Waals surface area contributed by atoms with Crippen molar-refractivity contribution in [1.29, 1.82) is 0 Å². The van der Waals surface area contributed by atoms with Gasteiger partial charge in [0.05, 0.1) is 0 Å². The lowest BCUT2D eigenvalue weighted by Crippen LogP contribution is -2.25. The van der Waals surface area contributed by atoms with E-state index in [0.717, 1.165) is 11.1 Å². The van der Waals surface area contributed by atoms with Gasteiger partial charge < -0.3 is 9.84 Å². The third-order valence-electron chi connectivity index (χ3n) is 4.19. The SMILES string of the molecule is CCc1nc(CCNC(=O)c2ccc(-c3ncc(C(C)C)cn3)cc2)no1. The van der Waals surface area contributed by atoms with E-state index in [1.807, 2.05) is 31.5 Å². The summed E-state index contributed by atoms with van der Waals surface area (Å²) >= 11 is 0. The van der Waals surface area contributed by atoms with E-state index >= 15 is 0 Å². The van der Waals surface area contributed by atoms with Crippen molar-refractivity contribution in [2.45, 2.75) is 39.5 Å². The summed E-state index contributed by atoms with van der Waals surface area (Å²) in [5, 5.41) is 6.73. The minimum absolute atomic E-state index is 0.142. The quantitative estimate of drug-likeness (QED) is 0.691. The second-order valence-corrected chi connectivity index (χ2v) is 6.54. The Hall–Kier alpha value is -3.09. The molecule has 27 heavy (non-hydrogen) atoms. The van der Waals surface area contributed by atoms with Crippen LogP contribution in [0.2, 0.25) is 0 Å². The van der Waals surface area contributed by atoms with Crippen LogP contribution in [0.5, 0.6) is 0 Å². The molecule has 0 aliphatic carbocycles. The van der Waals surface area contributed by atoms with Crippen molar-refractivity contribution in [2.75, 3.05) is 6.54 Å². The second kappa shape index (κ2) is 8.53. The van der Waals surface area contributed by atoms with Crippen LogP contribution in [0, 0.1) is 0 Å². The molecule has 0 saturated carbocycles. The van der Waals surface area contributed by atoms with E-state index in [9.17, 15) is 4.79 Å². The van der Waals surface area contributed by atoms with Crippen LogP contribution in [0.15, 0.2) is 41.2 Å². The Morgan fingerprint density at radius 1 is 1.15 bits per heavy atom. The number of nitrogens with one attached hydrogen (secondary N) is 1. The van der Waals surface area contributed by atoms with E-state index in [-0.39, 0.29) is 5.91 Å². The summed E-state index contributed by atoms with van der Waals surface area (Å²) in [6.07, 6.45) is 4.92. The molecule has 0 aliphatic heterocycles. The number of aryl methyl sites for hydroxylation is 1. The lowest BCUT2D eigenvalue weighted by atomic mass is 10.1. The normalized spacial score (nSPS) is 11.0. The number of hydrogen-bond donors (Lipinski definition) is 1. The van der Waals surface area contributed by atoms with Crippen molar-refractivity contribution in [1.82, 2.24) is 25.4 Å². The molecule has 0 fully saturated rings. The molecule has 2 aromatic heterocycles. The van der Waals surface area contributed by atoms with Gasteiger partial charge in [0.15, 0.2) is 11.6 Å². The van der Waals surface area contributed by atoms with Crippen LogP contribution in [-0.2, 0) is 12.8 Å². The van der Waals surface area contributed by atoms with Gasteiger partial charge in [-0.3, -0.25) is 4.79 Å². The fraction of sp³-hybridized carbons (Fsp3) is 0.350. The third kappa shape index (κ3) is 4.75. The topological polar surface area (TPSA) is 93.8 Å². The number of rotatable bonds is 7. The first-order valence-electron chi connectivity index (χ1n) is 9.09. The standard InChI is InChI=1S/C20H23N5O2/c1-4-18-24-17(25-27-18)9-10-21-20(26)15-7-5-14(6-8-15)19-22-11-16(12-23-19)13(2)3/h5-8,11-13H,4,9-10H2,1-3H3,(H,21,26). The van der Waals surface area contributed by atoms with Gasteiger partial charge in [-0.1, -0.05) is 38.1 Å². The highest BCUT2D eigenvalue weighted by Crippen LogP contribution is 2.18. The van der Waals surface area contributed by atoms with Crippen molar-refractivity contribution < 1.29 is 9.32 Å². The number of carbonyl (C=O) groups is 1. The van der Waals surface area contributed by atoms with Crippen molar-refractivity contribution >= 4 is 5.91 Å². The van der Waals surface area contributed by atoms with E-state index in [2.05, 4.69) is 39.3 Å². The summed E-state index contributed by atoms with van der Waals surface area (Å²) in [6, 6.07) is 7.25. The molecule has 0 atom stereocenters. The average molecular weight is 365 g/mol. The zero-order valence-corrected chi connectivity index (χ0v) is 15.8. The van der Waals surface area contributed by atoms with E-state index in [0.29, 0.717) is 48.4 Å². The molecule has 0 aliphatic rings. The zero-order chi connectivity index (χ0) is 19.2. The highest BCUT2D eigenvalue weighted by atomic mass is 16.5. The summed E-state index contributed by atoms with van der Waals surface area (Å²) in [6.45, 7) is 6.61. The van der Waals surface area contributed by atoms with Gasteiger partial charge in [0.25, 0.3) is 5.91 Å². The lowest BCUT2D eigenvalue weighted by Gasteiger charge is -2.07. The molecule has 0 saturated heterocycles. The van der Waals surface area contributed by atoms with Gasteiger partial charge in [-0.25, -0.2) is 9.97 Å². The molecule has 0 bridgehead atoms. The number of hydrogen-bond acceptors (Lipinski definition) is 6. The van der Waals surface area contributed by atoms with Crippen LogP contribution >= 0.6 is 0 Å². The Bertz CT molecular complexity index is 885. The number of nitrogens with zero attached hydrogens (tertiary/aromatic N) is 4. The minimum Gasteiger partial charge on any atom is -0.352 e. The van der Waals surface area contributed by atoms with Gasteiger partial charge in [0, 0.05) is 42.9 Å². The van der Waals surface area contributed by atoms with Crippen LogP contribution in [0.4, 0.5) is 0 Å². The van der Waals surface area contributed by atoms with Crippen molar-refractivity contribution in [2.24, 2.45) is 0 Å². The summed E-state index contributed by atoms with van der Waals surface area (Å²) in [7, 11) is 0. The third-order valence-corrected chi connectivity index (χ3v) is 4.19. The molecule has 1 aromatic carbocycles. The Morgan fingerprint density at radius 2 is 1.85 bits per heavy atom. The Kier molecular flexibility index (Phi) is 5.90. The molecule has 140 valence electrons. The highest BCUT2D eigenvalue weighted by Gasteiger charge is 2.09. The Balaban J connectivity index is 1.56. The zero-order valence-electron chi connectivity index (χ0n) is 15.8. The lowest BCUT2D eigenvalue weighted by molar-refractivity contribution is 0.0954. The number of amides is 1. The van der Waals surface area contributed by atoms with Crippen molar-refractivity contribution in [3.05, 3.63) is 59.5 Å². The fourth-order valence-electron chi connectivity index (χ4n) is 2.48. The van der Waals surface area contributed by atoms with E-state index in [1.165, 1.54) is 0 Å². The molecular weight excluding hydrogens is 342 g/mol. The Labute approximate surface area is 158 Å². The van der Waals surface area contributed by atoms with Crippen LogP contribution in [0.3, 0.4) is 0 Å². The monoisotopic (exact) mass is 365 g/mol. The summed E-state index contributed by atoms with van der Waals surface area (Å²) in [5.41, 5.74) is 2.56. The fourth-order valence-corrected chi connectivity index (χ4v) is 2.48. The molecule has 7 nitrogen and oxygen atoms in total. The minimum atomic E-state index is -0.142. The second-order valence-electron chi connectivity index (χ2n) is 6.54. The predicted molar refractivity (Wildman–Crippen MR) is 101 cm³/mol. The number of aromatic nitrogens is 4. The van der Waals surface area contributed by atoms with E-state index < -0.39 is 0 Å². The van der Waals surface area contributed by atoms with Gasteiger partial charge >= 0.3 is 0 Å². The number of carbonyl (C=O) groups excluding carboxylic acids is 1. The maximum Gasteiger partial charge on any atom is 0.251 e. The average Bonchev–Trinajstić information content (AvgIpc) is 3.16. The highest BCUT2D eigenvalue weighted by molar-refractivity contribution is 5.94. The van der Waals surface area contributed by atoms with E-state index in [1.54, 1.807) is 12.1 Å². The van der Waals surface area contributed by atoms with Crippen LogP contribution in [-0.4, -0.2) is 32.6 Å². The smallest absolute Gasteiger partial charge is 0.251 e. The first kappa shape index (κ1) is 18.7. The molecule has 2 heterocycles. The molecule has 3 aromatic rings. The molecule has 3 rings (SSSR count). The van der Waals surface area contributed by atoms with E-state index in [4.69, 9.17) is 4.52 Å². The molecule has 1 N–H and O–H groups in total. The summed E-state index contributed by atoms with van der Waals surface area (Å²) in [4.78, 5) is 25.3. The van der Waals surface area contributed by atoms with Crippen LogP contribution in [0.1, 0.15) is 54.3 Å². The van der Waals surface area contributed by atoms with Gasteiger partial charge in [0.2, 0.25) is 5.89 Å². The van der Waals surface area contributed by atoms with Gasteiger partial charge in [-0.2, -0.15) is 4.98 Å². The first-order valence-corrected chi connectivity index (χ1v) is 9.09. The van der Waals surface area contributed by atoms with Gasteiger partial charge in [-0.15, -0.1) is 0 Å². The van der Waals surface area contributed by atoms with Crippen molar-refractivity contribution in [3.8, 4) is 11.4 Å².